The number of rotatable bonds is 2. The van der Waals surface area contributed by atoms with E-state index in [4.69, 9.17) is 5.11 Å². The van der Waals surface area contributed by atoms with Crippen LogP contribution in [0.15, 0.2) is 0 Å². The second kappa shape index (κ2) is 3.17. The summed E-state index contributed by atoms with van der Waals surface area (Å²) in [5.74, 6) is -1.43. The maximum absolute atomic E-state index is 12.0. The SMILES string of the molecule is O=C(O)C1(CC(F)(F)F)CCOC1. The summed E-state index contributed by atoms with van der Waals surface area (Å²) >= 11 is 0. The molecule has 0 amide bonds. The van der Waals surface area contributed by atoms with E-state index in [-0.39, 0.29) is 19.6 Å². The van der Waals surface area contributed by atoms with Crippen molar-refractivity contribution in [2.75, 3.05) is 13.2 Å². The van der Waals surface area contributed by atoms with Crippen LogP contribution in [-0.4, -0.2) is 30.5 Å². The molecule has 13 heavy (non-hydrogen) atoms. The molecule has 0 radical (unpaired) electrons. The summed E-state index contributed by atoms with van der Waals surface area (Å²) in [5.41, 5.74) is -1.75. The first kappa shape index (κ1) is 10.3. The Balaban J connectivity index is 2.74. The van der Waals surface area contributed by atoms with Crippen LogP contribution >= 0.6 is 0 Å². The zero-order valence-electron chi connectivity index (χ0n) is 6.73. The molecule has 6 heteroatoms. The van der Waals surface area contributed by atoms with Crippen LogP contribution in [-0.2, 0) is 9.53 Å². The molecular formula is C7H9F3O3. The topological polar surface area (TPSA) is 46.5 Å². The lowest BCUT2D eigenvalue weighted by atomic mass is 9.84. The largest absolute Gasteiger partial charge is 0.481 e. The van der Waals surface area contributed by atoms with Crippen molar-refractivity contribution in [3.05, 3.63) is 0 Å². The van der Waals surface area contributed by atoms with Crippen molar-refractivity contribution in [1.82, 2.24) is 0 Å². The smallest absolute Gasteiger partial charge is 0.390 e. The van der Waals surface area contributed by atoms with E-state index in [2.05, 4.69) is 4.74 Å². The Kier molecular flexibility index (Phi) is 2.51. The second-order valence-corrected chi connectivity index (χ2v) is 3.18. The fraction of sp³-hybridized carbons (Fsp3) is 0.857. The summed E-state index contributed by atoms with van der Waals surface area (Å²) in [6.07, 6.45) is -5.83. The van der Waals surface area contributed by atoms with E-state index < -0.39 is 24.0 Å². The van der Waals surface area contributed by atoms with Crippen molar-refractivity contribution >= 4 is 5.97 Å². The van der Waals surface area contributed by atoms with E-state index in [0.29, 0.717) is 0 Å². The van der Waals surface area contributed by atoms with E-state index in [1.165, 1.54) is 0 Å². The summed E-state index contributed by atoms with van der Waals surface area (Å²) in [6.45, 7) is -0.260. The summed E-state index contributed by atoms with van der Waals surface area (Å²) in [6, 6.07) is 0. The van der Waals surface area contributed by atoms with Gasteiger partial charge in [0.25, 0.3) is 0 Å². The monoisotopic (exact) mass is 198 g/mol. The molecule has 0 aromatic rings. The number of hydrogen-bond acceptors (Lipinski definition) is 2. The molecule has 76 valence electrons. The van der Waals surface area contributed by atoms with Crippen LogP contribution in [0.1, 0.15) is 12.8 Å². The minimum atomic E-state index is -4.45. The Morgan fingerprint density at radius 1 is 1.54 bits per heavy atom. The van der Waals surface area contributed by atoms with Gasteiger partial charge in [-0.1, -0.05) is 0 Å². The number of alkyl halides is 3. The average Bonchev–Trinajstić information content (AvgIpc) is 2.33. The Bertz CT molecular complexity index is 206. The first-order valence-corrected chi connectivity index (χ1v) is 3.74. The highest BCUT2D eigenvalue weighted by Crippen LogP contribution is 2.39. The highest BCUT2D eigenvalue weighted by Gasteiger charge is 2.50. The molecule has 0 spiro atoms. The van der Waals surface area contributed by atoms with Crippen LogP contribution in [0.5, 0.6) is 0 Å². The number of carboxylic acid groups (broad SMARTS) is 1. The molecule has 1 heterocycles. The predicted molar refractivity (Wildman–Crippen MR) is 36.2 cm³/mol. The van der Waals surface area contributed by atoms with Crippen molar-refractivity contribution in [3.63, 3.8) is 0 Å². The lowest BCUT2D eigenvalue weighted by molar-refractivity contribution is -0.178. The first-order valence-electron chi connectivity index (χ1n) is 3.74. The van der Waals surface area contributed by atoms with Crippen LogP contribution in [0.4, 0.5) is 13.2 Å². The minimum absolute atomic E-state index is 0.0676. The van der Waals surface area contributed by atoms with Crippen molar-refractivity contribution in [2.45, 2.75) is 19.0 Å². The normalized spacial score (nSPS) is 29.2. The van der Waals surface area contributed by atoms with Gasteiger partial charge in [0.1, 0.15) is 5.41 Å². The summed E-state index contributed by atoms with van der Waals surface area (Å²) in [7, 11) is 0. The van der Waals surface area contributed by atoms with E-state index in [1.54, 1.807) is 0 Å². The molecule has 0 aromatic carbocycles. The van der Waals surface area contributed by atoms with E-state index >= 15 is 0 Å². The highest BCUT2D eigenvalue weighted by atomic mass is 19.4. The van der Waals surface area contributed by atoms with Gasteiger partial charge in [-0.3, -0.25) is 4.79 Å². The van der Waals surface area contributed by atoms with Gasteiger partial charge >= 0.3 is 12.1 Å². The predicted octanol–water partition coefficient (Wildman–Crippen LogP) is 1.43. The van der Waals surface area contributed by atoms with E-state index in [1.807, 2.05) is 0 Å². The van der Waals surface area contributed by atoms with Crippen molar-refractivity contribution < 1.29 is 27.8 Å². The Hall–Kier alpha value is -0.780. The van der Waals surface area contributed by atoms with Gasteiger partial charge in [0.05, 0.1) is 13.0 Å². The molecule has 1 aliphatic heterocycles. The van der Waals surface area contributed by atoms with Gasteiger partial charge in [0, 0.05) is 6.61 Å². The number of halogens is 3. The Labute approximate surface area is 72.5 Å². The van der Waals surface area contributed by atoms with Crippen LogP contribution < -0.4 is 0 Å². The van der Waals surface area contributed by atoms with Crippen molar-refractivity contribution in [1.29, 1.82) is 0 Å². The summed E-state index contributed by atoms with van der Waals surface area (Å²) in [5, 5.41) is 8.65. The Morgan fingerprint density at radius 3 is 2.46 bits per heavy atom. The molecular weight excluding hydrogens is 189 g/mol. The third kappa shape index (κ3) is 2.33. The Morgan fingerprint density at radius 2 is 2.15 bits per heavy atom. The van der Waals surface area contributed by atoms with Gasteiger partial charge in [-0.05, 0) is 6.42 Å². The average molecular weight is 198 g/mol. The molecule has 1 saturated heterocycles. The molecule has 1 fully saturated rings. The van der Waals surface area contributed by atoms with Crippen molar-refractivity contribution in [2.24, 2.45) is 5.41 Å². The lowest BCUT2D eigenvalue weighted by Crippen LogP contribution is -2.36. The second-order valence-electron chi connectivity index (χ2n) is 3.18. The minimum Gasteiger partial charge on any atom is -0.481 e. The number of aliphatic carboxylic acids is 1. The molecule has 1 unspecified atom stereocenters. The number of carboxylic acids is 1. The molecule has 1 N–H and O–H groups in total. The van der Waals surface area contributed by atoms with Crippen LogP contribution in [0.25, 0.3) is 0 Å². The maximum Gasteiger partial charge on any atom is 0.390 e. The fourth-order valence-electron chi connectivity index (χ4n) is 1.37. The quantitative estimate of drug-likeness (QED) is 0.730. The zero-order chi connectivity index (χ0) is 10.1. The van der Waals surface area contributed by atoms with Crippen molar-refractivity contribution in [3.8, 4) is 0 Å². The fourth-order valence-corrected chi connectivity index (χ4v) is 1.37. The van der Waals surface area contributed by atoms with E-state index in [0.717, 1.165) is 0 Å². The van der Waals surface area contributed by atoms with Gasteiger partial charge in [-0.25, -0.2) is 0 Å². The van der Waals surface area contributed by atoms with Gasteiger partial charge in [-0.15, -0.1) is 0 Å². The molecule has 0 saturated carbocycles. The van der Waals surface area contributed by atoms with Crippen LogP contribution in [0.3, 0.4) is 0 Å². The lowest BCUT2D eigenvalue weighted by Gasteiger charge is -2.22. The van der Waals surface area contributed by atoms with Gasteiger partial charge in [0.2, 0.25) is 0 Å². The first-order chi connectivity index (χ1) is 5.86. The molecule has 0 aliphatic carbocycles. The molecule has 1 rings (SSSR count). The van der Waals surface area contributed by atoms with Gasteiger partial charge < -0.3 is 9.84 Å². The number of ether oxygens (including phenoxy) is 1. The maximum atomic E-state index is 12.0. The third-order valence-electron chi connectivity index (χ3n) is 2.10. The van der Waals surface area contributed by atoms with Gasteiger partial charge in [-0.2, -0.15) is 13.2 Å². The number of carbonyl (C=O) groups is 1. The molecule has 1 aliphatic rings. The molecule has 1 atom stereocenters. The van der Waals surface area contributed by atoms with Gasteiger partial charge in [0.15, 0.2) is 0 Å². The summed E-state index contributed by atoms with van der Waals surface area (Å²) < 4.78 is 40.7. The van der Waals surface area contributed by atoms with Crippen LogP contribution in [0.2, 0.25) is 0 Å². The third-order valence-corrected chi connectivity index (χ3v) is 2.10. The molecule has 0 aromatic heterocycles. The highest BCUT2D eigenvalue weighted by molar-refractivity contribution is 5.75. The number of hydrogen-bond donors (Lipinski definition) is 1. The zero-order valence-corrected chi connectivity index (χ0v) is 6.73. The molecule has 3 nitrogen and oxygen atoms in total. The van der Waals surface area contributed by atoms with Crippen LogP contribution in [0, 0.1) is 5.41 Å². The standard InChI is InChI=1S/C7H9F3O3/c8-7(9,10)3-6(5(11)12)1-2-13-4-6/h1-4H2,(H,11,12). The molecule has 0 bridgehead atoms. The van der Waals surface area contributed by atoms with E-state index in [9.17, 15) is 18.0 Å². The summed E-state index contributed by atoms with van der Waals surface area (Å²) in [4.78, 5) is 10.6.